The van der Waals surface area contributed by atoms with E-state index in [1.807, 2.05) is 30.5 Å². The van der Waals surface area contributed by atoms with Gasteiger partial charge in [0.05, 0.1) is 18.3 Å². The summed E-state index contributed by atoms with van der Waals surface area (Å²) in [6, 6.07) is 9.04. The van der Waals surface area contributed by atoms with Crippen LogP contribution in [0.4, 0.5) is 18.9 Å². The van der Waals surface area contributed by atoms with Gasteiger partial charge in [-0.1, -0.05) is 0 Å². The number of carbonyl (C=O) groups is 1. The zero-order valence-electron chi connectivity index (χ0n) is 23.0. The van der Waals surface area contributed by atoms with Gasteiger partial charge < -0.3 is 14.2 Å². The molecule has 210 valence electrons. The van der Waals surface area contributed by atoms with E-state index >= 15 is 0 Å². The number of alkyl halides is 3. The lowest BCUT2D eigenvalue weighted by atomic mass is 9.87. The first kappa shape index (κ1) is 26.5. The minimum atomic E-state index is -4.65. The third kappa shape index (κ3) is 4.60. The number of pyridine rings is 1. The number of halogens is 3. The summed E-state index contributed by atoms with van der Waals surface area (Å²) in [5.74, 6) is 1.11. The van der Waals surface area contributed by atoms with E-state index < -0.39 is 11.9 Å². The SMILES string of the molecule is COc1cc(C)c2nccc(N3CCc4c(cc(Cn5ccnc5C)cc4-c4cn(C)nc4C(F)(F)F)C3=O)c2c1. The third-order valence-electron chi connectivity index (χ3n) is 7.55. The van der Waals surface area contributed by atoms with Gasteiger partial charge in [0.25, 0.3) is 5.91 Å². The molecule has 41 heavy (non-hydrogen) atoms. The molecule has 0 fully saturated rings. The minimum absolute atomic E-state index is 0.0450. The maximum Gasteiger partial charge on any atom is 0.435 e. The van der Waals surface area contributed by atoms with Gasteiger partial charge in [-0.05, 0) is 72.9 Å². The Hall–Kier alpha value is -4.67. The van der Waals surface area contributed by atoms with E-state index in [0.717, 1.165) is 27.0 Å². The van der Waals surface area contributed by atoms with Gasteiger partial charge in [0.2, 0.25) is 0 Å². The first-order valence-corrected chi connectivity index (χ1v) is 13.0. The van der Waals surface area contributed by atoms with Crippen molar-refractivity contribution in [2.24, 2.45) is 7.05 Å². The van der Waals surface area contributed by atoms with Crippen LogP contribution in [0.5, 0.6) is 5.75 Å². The van der Waals surface area contributed by atoms with Crippen molar-refractivity contribution in [2.75, 3.05) is 18.6 Å². The highest BCUT2D eigenvalue weighted by molar-refractivity contribution is 6.13. The topological polar surface area (TPSA) is 78.1 Å². The van der Waals surface area contributed by atoms with E-state index in [4.69, 9.17) is 4.74 Å². The van der Waals surface area contributed by atoms with Gasteiger partial charge in [0.15, 0.2) is 5.69 Å². The Morgan fingerprint density at radius 1 is 1.02 bits per heavy atom. The number of nitrogens with zero attached hydrogens (tertiary/aromatic N) is 6. The van der Waals surface area contributed by atoms with Crippen LogP contribution >= 0.6 is 0 Å². The van der Waals surface area contributed by atoms with E-state index in [2.05, 4.69) is 15.1 Å². The summed E-state index contributed by atoms with van der Waals surface area (Å²) in [7, 11) is 3.04. The van der Waals surface area contributed by atoms with Crippen LogP contribution in [-0.2, 0) is 26.2 Å². The van der Waals surface area contributed by atoms with Crippen LogP contribution in [0.2, 0.25) is 0 Å². The molecule has 8 nitrogen and oxygen atoms in total. The van der Waals surface area contributed by atoms with Crippen LogP contribution in [0.1, 0.15) is 38.6 Å². The predicted octanol–water partition coefficient (Wildman–Crippen LogP) is 5.73. The summed E-state index contributed by atoms with van der Waals surface area (Å²) in [6.07, 6.45) is 2.20. The number of carbonyl (C=O) groups excluding carboxylic acids is 1. The van der Waals surface area contributed by atoms with E-state index in [-0.39, 0.29) is 18.0 Å². The number of aryl methyl sites for hydroxylation is 3. The fourth-order valence-electron chi connectivity index (χ4n) is 5.62. The van der Waals surface area contributed by atoms with Crippen LogP contribution in [0.3, 0.4) is 0 Å². The second kappa shape index (κ2) is 9.76. The highest BCUT2D eigenvalue weighted by Crippen LogP contribution is 2.41. The molecular formula is C30H27F3N6O2. The number of benzene rings is 2. The number of fused-ring (bicyclic) bond motifs is 2. The molecule has 0 atom stereocenters. The van der Waals surface area contributed by atoms with Crippen molar-refractivity contribution >= 4 is 22.5 Å². The predicted molar refractivity (Wildman–Crippen MR) is 148 cm³/mol. The highest BCUT2D eigenvalue weighted by Gasteiger charge is 2.39. The molecule has 0 radical (unpaired) electrons. The number of hydrogen-bond donors (Lipinski definition) is 0. The Kier molecular flexibility index (Phi) is 6.32. The first-order valence-electron chi connectivity index (χ1n) is 13.0. The summed E-state index contributed by atoms with van der Waals surface area (Å²) in [5.41, 5.74) is 3.28. The number of imidazole rings is 1. The lowest BCUT2D eigenvalue weighted by molar-refractivity contribution is -0.140. The van der Waals surface area contributed by atoms with Gasteiger partial charge in [0.1, 0.15) is 11.6 Å². The fourth-order valence-corrected chi connectivity index (χ4v) is 5.62. The molecule has 0 unspecified atom stereocenters. The maximum atomic E-state index is 14.2. The molecule has 1 aliphatic heterocycles. The number of ether oxygens (including phenoxy) is 1. The molecule has 1 amide bonds. The Labute approximate surface area is 234 Å². The molecule has 1 aliphatic rings. The first-order chi connectivity index (χ1) is 19.5. The van der Waals surface area contributed by atoms with Crippen molar-refractivity contribution in [3.63, 3.8) is 0 Å². The Bertz CT molecular complexity index is 1820. The minimum Gasteiger partial charge on any atom is -0.497 e. The number of aromatic nitrogens is 5. The second-order valence-corrected chi connectivity index (χ2v) is 10.2. The van der Waals surface area contributed by atoms with E-state index in [9.17, 15) is 18.0 Å². The van der Waals surface area contributed by atoms with Gasteiger partial charge >= 0.3 is 6.18 Å². The standard InChI is InChI=1S/C30H27F3N6O2/c1-17-11-20(41-4)14-24-26(5-7-35-27(17)24)39-9-6-21-22(25-16-37(3)36-28(25)30(31,32)33)12-19(13-23(21)29(39)40)15-38-10-8-34-18(38)2/h5,7-8,10-14,16H,6,9,15H2,1-4H3. The number of rotatable bonds is 5. The lowest BCUT2D eigenvalue weighted by Gasteiger charge is -2.31. The molecule has 5 aromatic rings. The van der Waals surface area contributed by atoms with Gasteiger partial charge in [0, 0.05) is 61.4 Å². The van der Waals surface area contributed by atoms with Crippen molar-refractivity contribution in [3.05, 3.63) is 88.9 Å². The molecule has 6 rings (SSSR count). The molecule has 0 N–H and O–H groups in total. The molecule has 4 heterocycles. The number of amides is 1. The lowest BCUT2D eigenvalue weighted by Crippen LogP contribution is -2.38. The summed E-state index contributed by atoms with van der Waals surface area (Å²) < 4.78 is 50.7. The molecular weight excluding hydrogens is 533 g/mol. The molecule has 2 aromatic carbocycles. The Morgan fingerprint density at radius 3 is 2.51 bits per heavy atom. The molecule has 0 bridgehead atoms. The molecule has 0 aliphatic carbocycles. The summed E-state index contributed by atoms with van der Waals surface area (Å²) in [4.78, 5) is 24.7. The zero-order valence-corrected chi connectivity index (χ0v) is 23.0. The van der Waals surface area contributed by atoms with E-state index in [1.54, 1.807) is 48.8 Å². The van der Waals surface area contributed by atoms with Gasteiger partial charge in [-0.2, -0.15) is 18.3 Å². The average molecular weight is 561 g/mol. The molecule has 0 spiro atoms. The summed E-state index contributed by atoms with van der Waals surface area (Å²) >= 11 is 0. The van der Waals surface area contributed by atoms with Crippen molar-refractivity contribution in [3.8, 4) is 16.9 Å². The molecule has 0 saturated carbocycles. The van der Waals surface area contributed by atoms with Crippen LogP contribution in [-0.4, -0.2) is 43.9 Å². The molecule has 3 aromatic heterocycles. The smallest absolute Gasteiger partial charge is 0.435 e. The van der Waals surface area contributed by atoms with Crippen LogP contribution in [0, 0.1) is 13.8 Å². The van der Waals surface area contributed by atoms with E-state index in [1.165, 1.54) is 13.2 Å². The largest absolute Gasteiger partial charge is 0.497 e. The highest BCUT2D eigenvalue weighted by atomic mass is 19.4. The van der Waals surface area contributed by atoms with Crippen molar-refractivity contribution in [2.45, 2.75) is 33.0 Å². The fraction of sp³-hybridized carbons (Fsp3) is 0.267. The van der Waals surface area contributed by atoms with Crippen LogP contribution in [0.15, 0.2) is 55.1 Å². The van der Waals surface area contributed by atoms with Gasteiger partial charge in [-0.25, -0.2) is 4.98 Å². The number of anilines is 1. The van der Waals surface area contributed by atoms with Gasteiger partial charge in [-0.3, -0.25) is 14.5 Å². The quantitative estimate of drug-likeness (QED) is 0.275. The van der Waals surface area contributed by atoms with Gasteiger partial charge in [-0.15, -0.1) is 0 Å². The normalized spacial score (nSPS) is 13.6. The Morgan fingerprint density at radius 2 is 1.80 bits per heavy atom. The van der Waals surface area contributed by atoms with Crippen LogP contribution in [0.25, 0.3) is 22.0 Å². The Balaban J connectivity index is 1.53. The van der Waals surface area contributed by atoms with Crippen molar-refractivity contribution in [1.29, 1.82) is 0 Å². The second-order valence-electron chi connectivity index (χ2n) is 10.2. The summed E-state index contributed by atoms with van der Waals surface area (Å²) in [5, 5.41) is 4.49. The molecule has 11 heteroatoms. The van der Waals surface area contributed by atoms with E-state index in [0.29, 0.717) is 46.7 Å². The van der Waals surface area contributed by atoms with Crippen LogP contribution < -0.4 is 9.64 Å². The zero-order chi connectivity index (χ0) is 29.1. The summed E-state index contributed by atoms with van der Waals surface area (Å²) in [6.45, 7) is 4.41. The average Bonchev–Trinajstić information content (AvgIpc) is 3.53. The number of methoxy groups -OCH3 is 1. The third-order valence-corrected chi connectivity index (χ3v) is 7.55. The van der Waals surface area contributed by atoms with Crippen molar-refractivity contribution in [1.82, 2.24) is 24.3 Å². The monoisotopic (exact) mass is 560 g/mol. The maximum absolute atomic E-state index is 14.2. The van der Waals surface area contributed by atoms with Crippen molar-refractivity contribution < 1.29 is 22.7 Å². The number of hydrogen-bond acceptors (Lipinski definition) is 5. The molecule has 0 saturated heterocycles.